The van der Waals surface area contributed by atoms with E-state index in [1.54, 1.807) is 7.11 Å². The van der Waals surface area contributed by atoms with Crippen molar-refractivity contribution in [2.45, 2.75) is 31.6 Å². The van der Waals surface area contributed by atoms with Crippen LogP contribution in [0.5, 0.6) is 5.75 Å². The molecule has 1 heterocycles. The Morgan fingerprint density at radius 1 is 1.37 bits per heavy atom. The maximum Gasteiger partial charge on any atom is 0.223 e. The molecule has 2 rings (SSSR count). The molecule has 0 radical (unpaired) electrons. The Hall–Kier alpha value is -1.16. The number of hydrogen-bond acceptors (Lipinski definition) is 3. The zero-order valence-corrected chi connectivity index (χ0v) is 12.6. The lowest BCUT2D eigenvalue weighted by atomic mass is 9.94. The molecule has 1 aliphatic rings. The molecular formula is C15H21NO2S. The van der Waals surface area contributed by atoms with Crippen LogP contribution in [-0.4, -0.2) is 29.2 Å². The van der Waals surface area contributed by atoms with Gasteiger partial charge in [0.1, 0.15) is 5.75 Å². The maximum atomic E-state index is 12.0. The van der Waals surface area contributed by atoms with Gasteiger partial charge in [-0.15, -0.1) is 0 Å². The van der Waals surface area contributed by atoms with Crippen molar-refractivity contribution in [3.05, 3.63) is 29.8 Å². The van der Waals surface area contributed by atoms with Gasteiger partial charge in [0, 0.05) is 24.3 Å². The number of hydrogen-bond donors (Lipinski definition) is 1. The molecule has 4 heteroatoms. The molecule has 1 fully saturated rings. The normalized spacial score (nSPS) is 19.9. The van der Waals surface area contributed by atoms with Crippen LogP contribution in [0, 0.1) is 5.92 Å². The fourth-order valence-corrected chi connectivity index (χ4v) is 2.52. The van der Waals surface area contributed by atoms with Gasteiger partial charge in [-0.25, -0.2) is 0 Å². The van der Waals surface area contributed by atoms with Crippen LogP contribution in [-0.2, 0) is 11.3 Å². The summed E-state index contributed by atoms with van der Waals surface area (Å²) in [4.78, 5) is 13.9. The second kappa shape index (κ2) is 5.45. The predicted octanol–water partition coefficient (Wildman–Crippen LogP) is 2.75. The topological polar surface area (TPSA) is 29.5 Å². The summed E-state index contributed by atoms with van der Waals surface area (Å²) in [5, 5.41) is 0. The molecular weight excluding hydrogens is 258 g/mol. The number of ether oxygens (including phenoxy) is 1. The third kappa shape index (κ3) is 3.44. The first-order valence-electron chi connectivity index (χ1n) is 6.53. The monoisotopic (exact) mass is 279 g/mol. The van der Waals surface area contributed by atoms with Crippen molar-refractivity contribution in [3.63, 3.8) is 0 Å². The van der Waals surface area contributed by atoms with E-state index in [1.807, 2.05) is 29.2 Å². The number of rotatable bonds is 4. The smallest absolute Gasteiger partial charge is 0.223 e. The van der Waals surface area contributed by atoms with Gasteiger partial charge in [0.15, 0.2) is 0 Å². The van der Waals surface area contributed by atoms with Crippen LogP contribution in [0.25, 0.3) is 0 Å². The molecule has 19 heavy (non-hydrogen) atoms. The van der Waals surface area contributed by atoms with Crippen molar-refractivity contribution in [3.8, 4) is 5.75 Å². The minimum absolute atomic E-state index is 0.107. The zero-order valence-electron chi connectivity index (χ0n) is 11.7. The molecule has 1 aromatic rings. The van der Waals surface area contributed by atoms with Crippen LogP contribution in [0.1, 0.15) is 25.8 Å². The van der Waals surface area contributed by atoms with Crippen molar-refractivity contribution >= 4 is 18.5 Å². The summed E-state index contributed by atoms with van der Waals surface area (Å²) in [6, 6.07) is 7.86. The van der Waals surface area contributed by atoms with Gasteiger partial charge >= 0.3 is 0 Å². The van der Waals surface area contributed by atoms with Crippen LogP contribution in [0.4, 0.5) is 0 Å². The first-order valence-corrected chi connectivity index (χ1v) is 6.98. The molecule has 0 aromatic heterocycles. The predicted molar refractivity (Wildman–Crippen MR) is 79.6 cm³/mol. The molecule has 1 aromatic carbocycles. The Bertz CT molecular complexity index is 450. The number of likely N-dealkylation sites (tertiary alicyclic amines) is 1. The summed E-state index contributed by atoms with van der Waals surface area (Å²) in [5.74, 6) is 1.38. The van der Waals surface area contributed by atoms with Gasteiger partial charge in [0.05, 0.1) is 7.11 Å². The number of benzene rings is 1. The molecule has 0 N–H and O–H groups in total. The number of thiol groups is 1. The minimum Gasteiger partial charge on any atom is -0.497 e. The zero-order chi connectivity index (χ0) is 14.0. The second-order valence-electron chi connectivity index (χ2n) is 5.68. The van der Waals surface area contributed by atoms with Crippen molar-refractivity contribution in [2.24, 2.45) is 5.92 Å². The summed E-state index contributed by atoms with van der Waals surface area (Å²) >= 11 is 4.59. The Balaban J connectivity index is 2.01. The van der Waals surface area contributed by atoms with Crippen molar-refractivity contribution in [1.29, 1.82) is 0 Å². The van der Waals surface area contributed by atoms with E-state index >= 15 is 0 Å². The summed E-state index contributed by atoms with van der Waals surface area (Å²) in [6.07, 6.45) is 0.604. The Morgan fingerprint density at radius 3 is 2.47 bits per heavy atom. The second-order valence-corrected chi connectivity index (χ2v) is 6.83. The SMILES string of the molecule is COc1ccc(CN2C[C@@H](C(C)(C)S)CC2=O)cc1. The molecule has 1 amide bonds. The van der Waals surface area contributed by atoms with Crippen molar-refractivity contribution < 1.29 is 9.53 Å². The Morgan fingerprint density at radius 2 is 2.00 bits per heavy atom. The van der Waals surface area contributed by atoms with E-state index in [0.717, 1.165) is 17.9 Å². The summed E-state index contributed by atoms with van der Waals surface area (Å²) in [7, 11) is 1.65. The van der Waals surface area contributed by atoms with Gasteiger partial charge in [-0.1, -0.05) is 26.0 Å². The molecule has 1 atom stereocenters. The molecule has 0 bridgehead atoms. The van der Waals surface area contributed by atoms with E-state index in [9.17, 15) is 4.79 Å². The molecule has 3 nitrogen and oxygen atoms in total. The molecule has 0 unspecified atom stereocenters. The van der Waals surface area contributed by atoms with Crippen LogP contribution in [0.2, 0.25) is 0 Å². The van der Waals surface area contributed by atoms with E-state index < -0.39 is 0 Å². The average molecular weight is 279 g/mol. The highest BCUT2D eigenvalue weighted by Crippen LogP contribution is 2.33. The molecule has 0 spiro atoms. The van der Waals surface area contributed by atoms with Gasteiger partial charge in [-0.3, -0.25) is 4.79 Å². The minimum atomic E-state index is -0.107. The molecule has 1 aliphatic heterocycles. The first kappa shape index (κ1) is 14.3. The van der Waals surface area contributed by atoms with E-state index in [-0.39, 0.29) is 10.7 Å². The molecule has 0 aliphatic carbocycles. The van der Waals surface area contributed by atoms with Gasteiger partial charge in [0.25, 0.3) is 0 Å². The van der Waals surface area contributed by atoms with Gasteiger partial charge in [0.2, 0.25) is 5.91 Å². The maximum absolute atomic E-state index is 12.0. The Kier molecular flexibility index (Phi) is 4.09. The van der Waals surface area contributed by atoms with E-state index in [4.69, 9.17) is 4.74 Å². The van der Waals surface area contributed by atoms with E-state index in [0.29, 0.717) is 18.9 Å². The fraction of sp³-hybridized carbons (Fsp3) is 0.533. The Labute approximate surface area is 120 Å². The lowest BCUT2D eigenvalue weighted by Gasteiger charge is -2.25. The van der Waals surface area contributed by atoms with Gasteiger partial charge < -0.3 is 9.64 Å². The lowest BCUT2D eigenvalue weighted by Crippen LogP contribution is -2.29. The quantitative estimate of drug-likeness (QED) is 0.859. The standard InChI is InChI=1S/C15H21NO2S/c1-15(2,19)12-8-14(17)16(10-12)9-11-4-6-13(18-3)7-5-11/h4-7,12,19H,8-10H2,1-3H3/t12-/m0/s1. The molecule has 1 saturated heterocycles. The van der Waals surface area contributed by atoms with E-state index in [2.05, 4.69) is 26.5 Å². The van der Waals surface area contributed by atoms with Crippen LogP contribution in [0.3, 0.4) is 0 Å². The average Bonchev–Trinajstić information content (AvgIpc) is 2.72. The van der Waals surface area contributed by atoms with Crippen molar-refractivity contribution in [2.75, 3.05) is 13.7 Å². The summed E-state index contributed by atoms with van der Waals surface area (Å²) in [6.45, 7) is 5.61. The van der Waals surface area contributed by atoms with Crippen molar-refractivity contribution in [1.82, 2.24) is 4.90 Å². The van der Waals surface area contributed by atoms with Crippen LogP contribution < -0.4 is 4.74 Å². The number of carbonyl (C=O) groups excluding carboxylic acids is 1. The number of nitrogens with zero attached hydrogens (tertiary/aromatic N) is 1. The van der Waals surface area contributed by atoms with E-state index in [1.165, 1.54) is 0 Å². The third-order valence-electron chi connectivity index (χ3n) is 3.75. The molecule has 0 saturated carbocycles. The third-order valence-corrected chi connectivity index (χ3v) is 4.11. The van der Waals surface area contributed by atoms with Gasteiger partial charge in [-0.2, -0.15) is 12.6 Å². The number of carbonyl (C=O) groups is 1. The number of methoxy groups -OCH3 is 1. The lowest BCUT2D eigenvalue weighted by molar-refractivity contribution is -0.128. The first-order chi connectivity index (χ1) is 8.90. The highest BCUT2D eigenvalue weighted by Gasteiger charge is 2.37. The van der Waals surface area contributed by atoms with Crippen LogP contribution in [0.15, 0.2) is 24.3 Å². The van der Waals surface area contributed by atoms with Crippen LogP contribution >= 0.6 is 12.6 Å². The highest BCUT2D eigenvalue weighted by atomic mass is 32.1. The highest BCUT2D eigenvalue weighted by molar-refractivity contribution is 7.81. The fourth-order valence-electron chi connectivity index (χ4n) is 2.35. The molecule has 104 valence electrons. The van der Waals surface area contributed by atoms with Gasteiger partial charge in [-0.05, 0) is 23.6 Å². The largest absolute Gasteiger partial charge is 0.497 e. The summed E-state index contributed by atoms with van der Waals surface area (Å²) < 4.78 is 5.02. The summed E-state index contributed by atoms with van der Waals surface area (Å²) in [5.41, 5.74) is 1.13. The number of amides is 1.